The number of rotatable bonds is 2. The lowest BCUT2D eigenvalue weighted by atomic mass is 9.88. The molecule has 1 aliphatic carbocycles. The van der Waals surface area contributed by atoms with E-state index in [1.807, 2.05) is 0 Å². The van der Waals surface area contributed by atoms with Gasteiger partial charge < -0.3 is 24.8 Å². The van der Waals surface area contributed by atoms with Crippen molar-refractivity contribution in [1.82, 2.24) is 0 Å². The van der Waals surface area contributed by atoms with E-state index in [2.05, 4.69) is 0 Å². The Kier molecular flexibility index (Phi) is 3.88. The zero-order valence-electron chi connectivity index (χ0n) is 15.8. The zero-order valence-corrected chi connectivity index (χ0v) is 15.8. The highest BCUT2D eigenvalue weighted by Gasteiger charge is 2.27. The van der Waals surface area contributed by atoms with Gasteiger partial charge in [0.15, 0.2) is 17.1 Å². The number of phenolic OH excluding ortho intramolecular Hbond substituents is 3. The van der Waals surface area contributed by atoms with Gasteiger partial charge in [-0.3, -0.25) is 4.79 Å². The monoisotopic (exact) mass is 414 g/mol. The van der Waals surface area contributed by atoms with Gasteiger partial charge in [0.1, 0.15) is 0 Å². The first-order valence-electron chi connectivity index (χ1n) is 9.27. The molecule has 0 unspecified atom stereocenters. The quantitative estimate of drug-likeness (QED) is 0.247. The molecule has 4 N–H and O–H groups in total. The SMILES string of the molecule is O=C(O)c1c(-c2c3ccc(=O)c(O)c-3oc3c(O)c(O)ccc23)ccc2ccccc12. The lowest BCUT2D eigenvalue weighted by Crippen LogP contribution is -2.05. The molecule has 31 heavy (non-hydrogen) atoms. The maximum atomic E-state index is 12.3. The molecule has 0 fully saturated rings. The predicted octanol–water partition coefficient (Wildman–Crippen LogP) is 4.53. The van der Waals surface area contributed by atoms with Crippen LogP contribution < -0.4 is 5.43 Å². The molecular formula is C24H14O7. The summed E-state index contributed by atoms with van der Waals surface area (Å²) >= 11 is 0. The second-order valence-electron chi connectivity index (χ2n) is 7.09. The van der Waals surface area contributed by atoms with Crippen molar-refractivity contribution < 1.29 is 29.6 Å². The van der Waals surface area contributed by atoms with Gasteiger partial charge >= 0.3 is 5.97 Å². The molecule has 3 aromatic rings. The van der Waals surface area contributed by atoms with Crippen molar-refractivity contribution in [2.45, 2.75) is 0 Å². The summed E-state index contributed by atoms with van der Waals surface area (Å²) in [5.74, 6) is -3.12. The van der Waals surface area contributed by atoms with Crippen LogP contribution >= 0.6 is 0 Å². The van der Waals surface area contributed by atoms with Crippen LogP contribution in [0.4, 0.5) is 0 Å². The van der Waals surface area contributed by atoms with Crippen LogP contribution in [0.15, 0.2) is 69.9 Å². The predicted molar refractivity (Wildman–Crippen MR) is 114 cm³/mol. The first kappa shape index (κ1) is 18.5. The fraction of sp³-hybridized carbons (Fsp3) is 0. The van der Waals surface area contributed by atoms with Crippen LogP contribution in [0.2, 0.25) is 0 Å². The van der Waals surface area contributed by atoms with Gasteiger partial charge in [0.2, 0.25) is 16.9 Å². The molecule has 1 aliphatic heterocycles. The lowest BCUT2D eigenvalue weighted by Gasteiger charge is -2.18. The highest BCUT2D eigenvalue weighted by molar-refractivity contribution is 6.15. The third-order valence-electron chi connectivity index (χ3n) is 5.36. The highest BCUT2D eigenvalue weighted by atomic mass is 16.4. The number of carboxylic acid groups (broad SMARTS) is 1. The molecule has 1 heterocycles. The van der Waals surface area contributed by atoms with Crippen molar-refractivity contribution in [3.05, 3.63) is 76.5 Å². The standard InChI is InChI=1S/C24H14O7/c25-16-9-7-14-18(13-6-5-11-3-1-2-4-12(11)19(13)24(29)30)15-8-10-17(26)21(28)23(15)31-22(14)20(16)27/h1-10,25,27-28H,(H,29,30). The van der Waals surface area contributed by atoms with Gasteiger partial charge in [0.05, 0.1) is 5.56 Å². The molecule has 3 aromatic carbocycles. The summed E-state index contributed by atoms with van der Waals surface area (Å²) in [6.45, 7) is 0. The second-order valence-corrected chi connectivity index (χ2v) is 7.09. The van der Waals surface area contributed by atoms with Gasteiger partial charge in [0.25, 0.3) is 0 Å². The Balaban J connectivity index is 2.05. The Morgan fingerprint density at radius 3 is 2.29 bits per heavy atom. The molecule has 0 bridgehead atoms. The fourth-order valence-electron chi connectivity index (χ4n) is 3.96. The maximum absolute atomic E-state index is 12.3. The molecule has 0 saturated heterocycles. The molecule has 0 aromatic heterocycles. The Morgan fingerprint density at radius 2 is 1.52 bits per heavy atom. The number of fused-ring (bicyclic) bond motifs is 3. The minimum absolute atomic E-state index is 0.0187. The van der Waals surface area contributed by atoms with Crippen molar-refractivity contribution >= 4 is 27.7 Å². The zero-order chi connectivity index (χ0) is 21.9. The van der Waals surface area contributed by atoms with Gasteiger partial charge in [-0.2, -0.15) is 0 Å². The van der Waals surface area contributed by atoms with E-state index in [9.17, 15) is 30.0 Å². The number of phenols is 3. The van der Waals surface area contributed by atoms with E-state index in [0.29, 0.717) is 21.9 Å². The molecule has 0 atom stereocenters. The van der Waals surface area contributed by atoms with Crippen molar-refractivity contribution in [3.8, 4) is 39.7 Å². The largest absolute Gasteiger partial charge is 0.504 e. The molecule has 5 rings (SSSR count). The number of benzene rings is 4. The van der Waals surface area contributed by atoms with Crippen molar-refractivity contribution in [2.24, 2.45) is 0 Å². The van der Waals surface area contributed by atoms with Crippen LogP contribution in [-0.2, 0) is 0 Å². The average Bonchev–Trinajstić information content (AvgIpc) is 2.77. The Bertz CT molecular complexity index is 1560. The summed E-state index contributed by atoms with van der Waals surface area (Å²) in [7, 11) is 0. The smallest absolute Gasteiger partial charge is 0.336 e. The Labute approximate surface area is 174 Å². The van der Waals surface area contributed by atoms with E-state index < -0.39 is 28.6 Å². The molecule has 0 spiro atoms. The average molecular weight is 414 g/mol. The Hall–Kier alpha value is -4.52. The highest BCUT2D eigenvalue weighted by Crippen LogP contribution is 2.48. The summed E-state index contributed by atoms with van der Waals surface area (Å²) in [6, 6.07) is 15.7. The van der Waals surface area contributed by atoms with Gasteiger partial charge in [-0.15, -0.1) is 0 Å². The third-order valence-corrected chi connectivity index (χ3v) is 5.36. The van der Waals surface area contributed by atoms with Crippen LogP contribution in [0.3, 0.4) is 0 Å². The van der Waals surface area contributed by atoms with E-state index in [-0.39, 0.29) is 22.5 Å². The van der Waals surface area contributed by atoms with E-state index in [1.54, 1.807) is 36.4 Å². The molecule has 7 heteroatoms. The van der Waals surface area contributed by atoms with Crippen molar-refractivity contribution in [3.63, 3.8) is 0 Å². The normalized spacial score (nSPS) is 11.4. The van der Waals surface area contributed by atoms with Crippen LogP contribution in [0.25, 0.3) is 44.2 Å². The maximum Gasteiger partial charge on any atom is 0.336 e. The first-order chi connectivity index (χ1) is 14.9. The molecule has 0 radical (unpaired) electrons. The Morgan fingerprint density at radius 1 is 0.774 bits per heavy atom. The van der Waals surface area contributed by atoms with Gasteiger partial charge in [-0.05, 0) is 40.6 Å². The number of hydrogen-bond acceptors (Lipinski definition) is 6. The summed E-state index contributed by atoms with van der Waals surface area (Å²) in [4.78, 5) is 24.3. The molecular weight excluding hydrogens is 400 g/mol. The topological polar surface area (TPSA) is 128 Å². The van der Waals surface area contributed by atoms with Gasteiger partial charge in [-0.1, -0.05) is 36.4 Å². The van der Waals surface area contributed by atoms with Gasteiger partial charge in [-0.25, -0.2) is 4.79 Å². The number of carbonyl (C=O) groups is 1. The van der Waals surface area contributed by atoms with Crippen LogP contribution in [0.1, 0.15) is 10.4 Å². The fourth-order valence-corrected chi connectivity index (χ4v) is 3.96. The first-order valence-corrected chi connectivity index (χ1v) is 9.27. The molecule has 7 nitrogen and oxygen atoms in total. The van der Waals surface area contributed by atoms with E-state index >= 15 is 0 Å². The summed E-state index contributed by atoms with van der Waals surface area (Å²) < 4.78 is 5.61. The minimum Gasteiger partial charge on any atom is -0.504 e. The molecule has 152 valence electrons. The van der Waals surface area contributed by atoms with Crippen molar-refractivity contribution in [2.75, 3.05) is 0 Å². The van der Waals surface area contributed by atoms with E-state index in [4.69, 9.17) is 4.42 Å². The number of aromatic carboxylic acids is 1. The van der Waals surface area contributed by atoms with Crippen LogP contribution in [0.5, 0.6) is 17.2 Å². The van der Waals surface area contributed by atoms with Crippen molar-refractivity contribution in [1.29, 1.82) is 0 Å². The van der Waals surface area contributed by atoms with Crippen LogP contribution in [-0.4, -0.2) is 26.4 Å². The summed E-state index contributed by atoms with van der Waals surface area (Å²) in [6.07, 6.45) is 0. The molecule has 0 saturated carbocycles. The lowest BCUT2D eigenvalue weighted by molar-refractivity contribution is 0.0700. The molecule has 0 amide bonds. The van der Waals surface area contributed by atoms with E-state index in [1.165, 1.54) is 18.2 Å². The molecule has 2 aliphatic rings. The number of hydrogen-bond donors (Lipinski definition) is 4. The summed E-state index contributed by atoms with van der Waals surface area (Å²) in [5, 5.41) is 42.2. The van der Waals surface area contributed by atoms with E-state index in [0.717, 1.165) is 11.5 Å². The number of aromatic hydroxyl groups is 3. The number of carboxylic acids is 1. The third kappa shape index (κ3) is 2.60. The second kappa shape index (κ2) is 6.50. The van der Waals surface area contributed by atoms with Gasteiger partial charge in [0, 0.05) is 16.5 Å². The minimum atomic E-state index is -1.17. The summed E-state index contributed by atoms with van der Waals surface area (Å²) in [5.41, 5.74) is 0.0637. The van der Waals surface area contributed by atoms with Crippen LogP contribution in [0, 0.1) is 0 Å².